The van der Waals surface area contributed by atoms with Crippen LogP contribution in [-0.4, -0.2) is 39.9 Å². The number of aryl methyl sites for hydroxylation is 3. The standard InChI is InChI=1S/C12H12Cl2O2S.C10H9Cl3O.C10H10Cl2OS.C7H7Cl2N/c1-8(15)17-7-11(16)5-3-9-2-4-10(13)6-12(9)14;11-6-9(14)4-2-7-1-3-8(12)5-10(7)13;11-8-3-1-7(10(12)5-8)2-4-9(13)6-14;8-6-2-1-5(4-10)7(9)3-6/h2,4,6H,3,5,7H2,1H3;1,3,5H,2,4,6H2;1,3,5,14H,2,4,6H2;1-3H,4,10H2. The fourth-order valence-corrected chi connectivity index (χ4v) is 6.88. The lowest BCUT2D eigenvalue weighted by Crippen LogP contribution is -2.05. The van der Waals surface area contributed by atoms with E-state index in [-0.39, 0.29) is 39.9 Å². The van der Waals surface area contributed by atoms with E-state index in [4.69, 9.17) is 110 Å². The van der Waals surface area contributed by atoms with Crippen LogP contribution in [0.15, 0.2) is 72.8 Å². The van der Waals surface area contributed by atoms with Crippen molar-refractivity contribution >= 4 is 151 Å². The van der Waals surface area contributed by atoms with Crippen LogP contribution < -0.4 is 5.73 Å². The van der Waals surface area contributed by atoms with Crippen molar-refractivity contribution in [2.24, 2.45) is 5.73 Å². The van der Waals surface area contributed by atoms with E-state index in [1.54, 1.807) is 48.5 Å². The Morgan fingerprint density at radius 3 is 1.16 bits per heavy atom. The van der Waals surface area contributed by atoms with Crippen molar-refractivity contribution in [3.8, 4) is 0 Å². The van der Waals surface area contributed by atoms with Gasteiger partial charge < -0.3 is 5.73 Å². The van der Waals surface area contributed by atoms with Crippen LogP contribution in [0.25, 0.3) is 0 Å². The second-order valence-corrected chi connectivity index (χ2v) is 16.4. The van der Waals surface area contributed by atoms with Gasteiger partial charge in [-0.05, 0) is 90.0 Å². The Hall–Kier alpha value is -1.17. The Morgan fingerprint density at radius 1 is 0.545 bits per heavy atom. The predicted molar refractivity (Wildman–Crippen MR) is 241 cm³/mol. The Morgan fingerprint density at radius 2 is 0.873 bits per heavy atom. The van der Waals surface area contributed by atoms with Crippen molar-refractivity contribution in [1.82, 2.24) is 0 Å². The first-order valence-corrected chi connectivity index (χ1v) is 21.5. The molecule has 0 aliphatic carbocycles. The predicted octanol–water partition coefficient (Wildman–Crippen LogP) is 13.4. The molecule has 0 amide bonds. The molecule has 0 fully saturated rings. The average molecular weight is 968 g/mol. The quantitative estimate of drug-likeness (QED) is 0.0966. The number of hydrogen-bond donors (Lipinski definition) is 2. The van der Waals surface area contributed by atoms with Crippen molar-refractivity contribution in [3.05, 3.63) is 135 Å². The zero-order valence-corrected chi connectivity index (χ0v) is 38.0. The van der Waals surface area contributed by atoms with Crippen molar-refractivity contribution in [2.75, 3.05) is 17.4 Å². The third-order valence-corrected chi connectivity index (χ3v) is 10.9. The molecule has 0 spiro atoms. The Kier molecular flexibility index (Phi) is 27.4. The van der Waals surface area contributed by atoms with Gasteiger partial charge in [-0.3, -0.25) is 19.2 Å². The first-order valence-electron chi connectivity index (χ1n) is 16.3. The van der Waals surface area contributed by atoms with Gasteiger partial charge in [0.2, 0.25) is 0 Å². The molecular weight excluding hydrogens is 930 g/mol. The molecule has 0 saturated heterocycles. The van der Waals surface area contributed by atoms with Crippen molar-refractivity contribution in [1.29, 1.82) is 0 Å². The van der Waals surface area contributed by atoms with Crippen LogP contribution in [0.3, 0.4) is 0 Å². The first-order chi connectivity index (χ1) is 26.0. The number of thiol groups is 1. The summed E-state index contributed by atoms with van der Waals surface area (Å²) in [6.45, 7) is 1.91. The lowest BCUT2D eigenvalue weighted by Gasteiger charge is -2.04. The summed E-state index contributed by atoms with van der Waals surface area (Å²) in [6, 6.07) is 21.1. The van der Waals surface area contributed by atoms with E-state index in [0.29, 0.717) is 85.3 Å². The molecule has 0 atom stereocenters. The number of carbonyl (C=O) groups excluding carboxylic acids is 4. The molecule has 0 bridgehead atoms. The topological polar surface area (TPSA) is 94.3 Å². The lowest BCUT2D eigenvalue weighted by atomic mass is 10.1. The Balaban J connectivity index is 0.000000372. The summed E-state index contributed by atoms with van der Waals surface area (Å²) >= 11 is 56.8. The smallest absolute Gasteiger partial charge is 0.186 e. The minimum Gasteiger partial charge on any atom is -0.326 e. The molecule has 0 radical (unpaired) electrons. The molecule has 5 nitrogen and oxygen atoms in total. The van der Waals surface area contributed by atoms with Crippen LogP contribution >= 0.6 is 129 Å². The molecule has 16 heteroatoms. The molecule has 0 aliphatic heterocycles. The third-order valence-electron chi connectivity index (χ3n) is 7.06. The van der Waals surface area contributed by atoms with Crippen LogP contribution in [0.5, 0.6) is 0 Å². The molecule has 0 heterocycles. The molecule has 0 saturated carbocycles. The minimum atomic E-state index is -0.0390. The fourth-order valence-electron chi connectivity index (χ4n) is 4.08. The van der Waals surface area contributed by atoms with Gasteiger partial charge in [-0.1, -0.05) is 129 Å². The number of rotatable bonds is 14. The van der Waals surface area contributed by atoms with E-state index >= 15 is 0 Å². The number of carbonyl (C=O) groups is 4. The maximum absolute atomic E-state index is 11.5. The average Bonchev–Trinajstić information content (AvgIpc) is 3.13. The van der Waals surface area contributed by atoms with E-state index in [1.165, 1.54) is 6.92 Å². The molecule has 4 aromatic carbocycles. The molecule has 0 unspecified atom stereocenters. The summed E-state index contributed by atoms with van der Waals surface area (Å²) in [5, 5.41) is 4.81. The molecular formula is C39H38Cl9NO4S2. The number of thioether (sulfide) groups is 1. The SMILES string of the molecule is CC(=O)SCC(=O)CCc1ccc(Cl)cc1Cl.NCc1ccc(Cl)cc1Cl.O=C(CCl)CCc1ccc(Cl)cc1Cl.O=C(CS)CCc1ccc(Cl)cc1Cl. The van der Waals surface area contributed by atoms with Crippen LogP contribution in [0, 0.1) is 0 Å². The van der Waals surface area contributed by atoms with E-state index in [9.17, 15) is 19.2 Å². The highest BCUT2D eigenvalue weighted by Gasteiger charge is 2.08. The summed E-state index contributed by atoms with van der Waals surface area (Å²) in [5.41, 5.74) is 9.07. The lowest BCUT2D eigenvalue weighted by molar-refractivity contribution is -0.117. The van der Waals surface area contributed by atoms with Crippen LogP contribution in [0.2, 0.25) is 40.2 Å². The molecule has 55 heavy (non-hydrogen) atoms. The van der Waals surface area contributed by atoms with Crippen LogP contribution in [-0.2, 0) is 45.0 Å². The van der Waals surface area contributed by atoms with Gasteiger partial charge in [0.25, 0.3) is 0 Å². The number of benzene rings is 4. The molecule has 0 aliphatic rings. The minimum absolute atomic E-state index is 0.0256. The van der Waals surface area contributed by atoms with Gasteiger partial charge in [0, 0.05) is 78.7 Å². The maximum atomic E-state index is 11.5. The molecule has 298 valence electrons. The van der Waals surface area contributed by atoms with Crippen molar-refractivity contribution in [3.63, 3.8) is 0 Å². The second kappa shape index (κ2) is 29.1. The Labute approximate surface area is 377 Å². The molecule has 4 aromatic rings. The second-order valence-electron chi connectivity index (χ2n) is 11.3. The van der Waals surface area contributed by atoms with E-state index in [0.717, 1.165) is 34.0 Å². The highest BCUT2D eigenvalue weighted by Crippen LogP contribution is 2.25. The summed E-state index contributed by atoms with van der Waals surface area (Å²) in [4.78, 5) is 44.1. The molecule has 2 N–H and O–H groups in total. The number of ketones is 3. The molecule has 0 aromatic heterocycles. The van der Waals surface area contributed by atoms with E-state index in [1.807, 2.05) is 24.3 Å². The summed E-state index contributed by atoms with van der Waals surface area (Å²) in [7, 11) is 0. The van der Waals surface area contributed by atoms with Crippen molar-refractivity contribution in [2.45, 2.75) is 52.0 Å². The van der Waals surface area contributed by atoms with Crippen LogP contribution in [0.4, 0.5) is 0 Å². The normalized spacial score (nSPS) is 10.2. The van der Waals surface area contributed by atoms with Gasteiger partial charge in [0.1, 0.15) is 17.3 Å². The number of hydrogen-bond acceptors (Lipinski definition) is 7. The van der Waals surface area contributed by atoms with Gasteiger partial charge in [-0.15, -0.1) is 11.6 Å². The summed E-state index contributed by atoms with van der Waals surface area (Å²) in [6.07, 6.45) is 3.13. The monoisotopic (exact) mass is 963 g/mol. The molecule has 4 rings (SSSR count). The van der Waals surface area contributed by atoms with Crippen LogP contribution in [0.1, 0.15) is 48.4 Å². The highest BCUT2D eigenvalue weighted by molar-refractivity contribution is 8.14. The van der Waals surface area contributed by atoms with Crippen molar-refractivity contribution < 1.29 is 19.2 Å². The largest absolute Gasteiger partial charge is 0.326 e. The fraction of sp³-hybridized carbons (Fsp3) is 0.282. The number of alkyl halides is 1. The van der Waals surface area contributed by atoms with Gasteiger partial charge in [0.05, 0.1) is 11.6 Å². The summed E-state index contributed by atoms with van der Waals surface area (Å²) < 4.78 is 0. The van der Waals surface area contributed by atoms with Gasteiger partial charge >= 0.3 is 0 Å². The zero-order valence-electron chi connectivity index (χ0n) is 29.5. The number of halogens is 9. The maximum Gasteiger partial charge on any atom is 0.186 e. The van der Waals surface area contributed by atoms with E-state index in [2.05, 4.69) is 12.6 Å². The Bertz CT molecular complexity index is 1810. The van der Waals surface area contributed by atoms with Gasteiger partial charge in [-0.25, -0.2) is 0 Å². The highest BCUT2D eigenvalue weighted by atomic mass is 35.5. The third kappa shape index (κ3) is 23.1. The van der Waals surface area contributed by atoms with Gasteiger partial charge in [-0.2, -0.15) is 12.6 Å². The van der Waals surface area contributed by atoms with Gasteiger partial charge in [0.15, 0.2) is 5.12 Å². The number of Topliss-reactive ketones (excluding diaryl/α,β-unsaturated/α-hetero) is 3. The zero-order chi connectivity index (χ0) is 41.5. The number of nitrogens with two attached hydrogens (primary N) is 1. The van der Waals surface area contributed by atoms with E-state index < -0.39 is 0 Å². The first kappa shape index (κ1) is 51.8. The summed E-state index contributed by atoms with van der Waals surface area (Å²) in [5.74, 6) is 0.782.